The van der Waals surface area contributed by atoms with E-state index in [1.807, 2.05) is 0 Å². The van der Waals surface area contributed by atoms with E-state index in [0.29, 0.717) is 11.8 Å². The molecule has 0 bridgehead atoms. The van der Waals surface area contributed by atoms with Gasteiger partial charge in [-0.25, -0.2) is 0 Å². The normalized spacial score (nSPS) is 26.6. The minimum atomic E-state index is 0.234. The maximum atomic E-state index is 12.3. The van der Waals surface area contributed by atoms with Gasteiger partial charge in [-0.3, -0.25) is 4.79 Å². The lowest BCUT2D eigenvalue weighted by atomic mass is 9.92. The Morgan fingerprint density at radius 3 is 3.00 bits per heavy atom. The van der Waals surface area contributed by atoms with Crippen molar-refractivity contribution in [1.29, 1.82) is 0 Å². The molecule has 0 radical (unpaired) electrons. The molecule has 3 atom stereocenters. The summed E-state index contributed by atoms with van der Waals surface area (Å²) in [5.74, 6) is 1.60. The highest BCUT2D eigenvalue weighted by Gasteiger charge is 2.56. The van der Waals surface area contributed by atoms with E-state index in [4.69, 9.17) is 0 Å². The zero-order valence-corrected chi connectivity index (χ0v) is 12.2. The van der Waals surface area contributed by atoms with Crippen molar-refractivity contribution < 1.29 is 4.79 Å². The first-order chi connectivity index (χ1) is 9.83. The molecule has 2 aliphatic rings. The van der Waals surface area contributed by atoms with Gasteiger partial charge in [0.1, 0.15) is 0 Å². The molecule has 0 aromatic heterocycles. The Hall–Kier alpha value is -1.35. The van der Waals surface area contributed by atoms with E-state index in [9.17, 15) is 4.79 Å². The molecule has 0 aliphatic heterocycles. The molecular weight excluding hydrogens is 248 g/mol. The van der Waals surface area contributed by atoms with Crippen LogP contribution in [-0.2, 0) is 11.2 Å². The summed E-state index contributed by atoms with van der Waals surface area (Å²) in [5, 5.41) is 6.39. The predicted octanol–water partition coefficient (Wildman–Crippen LogP) is 2.08. The summed E-state index contributed by atoms with van der Waals surface area (Å²) < 4.78 is 0. The Bertz CT molecular complexity index is 486. The number of rotatable bonds is 6. The fourth-order valence-corrected chi connectivity index (χ4v) is 3.64. The van der Waals surface area contributed by atoms with E-state index in [2.05, 4.69) is 41.8 Å². The summed E-state index contributed by atoms with van der Waals surface area (Å²) in [5.41, 5.74) is 2.88. The van der Waals surface area contributed by atoms with Gasteiger partial charge in [0.2, 0.25) is 5.91 Å². The summed E-state index contributed by atoms with van der Waals surface area (Å²) in [6.45, 7) is 4.88. The zero-order chi connectivity index (χ0) is 13.9. The highest BCUT2D eigenvalue weighted by molar-refractivity contribution is 5.84. The third-order valence-corrected chi connectivity index (χ3v) is 4.71. The maximum absolute atomic E-state index is 12.3. The van der Waals surface area contributed by atoms with Crippen LogP contribution in [0.3, 0.4) is 0 Å². The minimum Gasteiger partial charge on any atom is -0.356 e. The molecule has 1 saturated carbocycles. The van der Waals surface area contributed by atoms with Crippen LogP contribution in [0.4, 0.5) is 0 Å². The summed E-state index contributed by atoms with van der Waals surface area (Å²) in [4.78, 5) is 12.3. The Morgan fingerprint density at radius 2 is 2.15 bits per heavy atom. The van der Waals surface area contributed by atoms with Gasteiger partial charge in [-0.2, -0.15) is 0 Å². The molecule has 108 valence electrons. The lowest BCUT2D eigenvalue weighted by Crippen LogP contribution is -2.29. The molecule has 1 aromatic carbocycles. The topological polar surface area (TPSA) is 41.1 Å². The number of benzene rings is 1. The molecule has 3 heteroatoms. The second-order valence-corrected chi connectivity index (χ2v) is 5.95. The molecule has 3 unspecified atom stereocenters. The SMILES string of the molecule is CCNCCCNC(=O)C1C2CCc3ccccc3C21. The van der Waals surface area contributed by atoms with Crippen molar-refractivity contribution in [3.05, 3.63) is 35.4 Å². The molecule has 3 nitrogen and oxygen atoms in total. The van der Waals surface area contributed by atoms with Crippen LogP contribution in [-0.4, -0.2) is 25.5 Å². The average molecular weight is 272 g/mol. The Kier molecular flexibility index (Phi) is 4.06. The predicted molar refractivity (Wildman–Crippen MR) is 80.7 cm³/mol. The van der Waals surface area contributed by atoms with Gasteiger partial charge in [-0.1, -0.05) is 31.2 Å². The van der Waals surface area contributed by atoms with Gasteiger partial charge in [-0.05, 0) is 55.3 Å². The van der Waals surface area contributed by atoms with Crippen LogP contribution < -0.4 is 10.6 Å². The van der Waals surface area contributed by atoms with Crippen LogP contribution in [0.25, 0.3) is 0 Å². The Morgan fingerprint density at radius 1 is 1.30 bits per heavy atom. The number of hydrogen-bond acceptors (Lipinski definition) is 2. The highest BCUT2D eigenvalue weighted by atomic mass is 16.2. The molecule has 2 N–H and O–H groups in total. The van der Waals surface area contributed by atoms with Crippen molar-refractivity contribution in [3.8, 4) is 0 Å². The van der Waals surface area contributed by atoms with Gasteiger partial charge in [0.15, 0.2) is 0 Å². The van der Waals surface area contributed by atoms with Crippen molar-refractivity contribution in [2.45, 2.75) is 32.1 Å². The number of aryl methyl sites for hydroxylation is 1. The van der Waals surface area contributed by atoms with E-state index < -0.39 is 0 Å². The van der Waals surface area contributed by atoms with E-state index in [1.54, 1.807) is 0 Å². The van der Waals surface area contributed by atoms with Crippen molar-refractivity contribution in [3.63, 3.8) is 0 Å². The number of amides is 1. The lowest BCUT2D eigenvalue weighted by Gasteiger charge is -2.13. The van der Waals surface area contributed by atoms with E-state index in [1.165, 1.54) is 17.5 Å². The number of carbonyl (C=O) groups is 1. The smallest absolute Gasteiger partial charge is 0.224 e. The van der Waals surface area contributed by atoms with Crippen LogP contribution in [0, 0.1) is 11.8 Å². The summed E-state index contributed by atoms with van der Waals surface area (Å²) in [6.07, 6.45) is 3.33. The highest BCUT2D eigenvalue weighted by Crippen LogP contribution is 2.59. The molecular formula is C17H24N2O. The number of nitrogens with one attached hydrogen (secondary N) is 2. The standard InChI is InChI=1S/C17H24N2O/c1-2-18-10-5-11-19-17(20)16-14-9-8-12-6-3-4-7-13(12)15(14)16/h3-4,6-7,14-16,18H,2,5,8-11H2,1H3,(H,19,20). The molecule has 1 fully saturated rings. The van der Waals surface area contributed by atoms with Crippen LogP contribution in [0.5, 0.6) is 0 Å². The number of hydrogen-bond donors (Lipinski definition) is 2. The van der Waals surface area contributed by atoms with Crippen LogP contribution in [0.15, 0.2) is 24.3 Å². The van der Waals surface area contributed by atoms with Crippen LogP contribution in [0.1, 0.15) is 36.8 Å². The fourth-order valence-electron chi connectivity index (χ4n) is 3.64. The summed E-state index contributed by atoms with van der Waals surface area (Å²) in [6, 6.07) is 8.64. The molecule has 3 rings (SSSR count). The summed E-state index contributed by atoms with van der Waals surface area (Å²) >= 11 is 0. The van der Waals surface area contributed by atoms with Crippen LogP contribution >= 0.6 is 0 Å². The monoisotopic (exact) mass is 272 g/mol. The molecule has 2 aliphatic carbocycles. The number of fused-ring (bicyclic) bond motifs is 3. The quantitative estimate of drug-likeness (QED) is 0.779. The average Bonchev–Trinajstić information content (AvgIpc) is 3.22. The molecule has 0 heterocycles. The van der Waals surface area contributed by atoms with Gasteiger partial charge in [0, 0.05) is 12.5 Å². The second kappa shape index (κ2) is 5.96. The summed E-state index contributed by atoms with van der Waals surface area (Å²) in [7, 11) is 0. The van der Waals surface area contributed by atoms with E-state index >= 15 is 0 Å². The van der Waals surface area contributed by atoms with Gasteiger partial charge in [-0.15, -0.1) is 0 Å². The number of carbonyl (C=O) groups excluding carboxylic acids is 1. The molecule has 0 saturated heterocycles. The van der Waals surface area contributed by atoms with Crippen molar-refractivity contribution >= 4 is 5.91 Å². The van der Waals surface area contributed by atoms with E-state index in [-0.39, 0.29) is 11.8 Å². The van der Waals surface area contributed by atoms with Gasteiger partial charge < -0.3 is 10.6 Å². The van der Waals surface area contributed by atoms with Gasteiger partial charge in [0.05, 0.1) is 0 Å². The molecule has 0 spiro atoms. The minimum absolute atomic E-state index is 0.234. The zero-order valence-electron chi connectivity index (χ0n) is 12.2. The third-order valence-electron chi connectivity index (χ3n) is 4.71. The first-order valence-electron chi connectivity index (χ1n) is 7.89. The van der Waals surface area contributed by atoms with Crippen molar-refractivity contribution in [2.75, 3.05) is 19.6 Å². The van der Waals surface area contributed by atoms with E-state index in [0.717, 1.165) is 32.5 Å². The Balaban J connectivity index is 1.52. The van der Waals surface area contributed by atoms with Gasteiger partial charge >= 0.3 is 0 Å². The first-order valence-corrected chi connectivity index (χ1v) is 7.89. The fraction of sp³-hybridized carbons (Fsp3) is 0.588. The lowest BCUT2D eigenvalue weighted by molar-refractivity contribution is -0.122. The molecule has 1 amide bonds. The van der Waals surface area contributed by atoms with Crippen LogP contribution in [0.2, 0.25) is 0 Å². The second-order valence-electron chi connectivity index (χ2n) is 5.95. The van der Waals surface area contributed by atoms with Crippen molar-refractivity contribution in [2.24, 2.45) is 11.8 Å². The molecule has 1 aromatic rings. The molecule has 20 heavy (non-hydrogen) atoms. The van der Waals surface area contributed by atoms with Gasteiger partial charge in [0.25, 0.3) is 0 Å². The maximum Gasteiger partial charge on any atom is 0.224 e. The van der Waals surface area contributed by atoms with Crippen molar-refractivity contribution in [1.82, 2.24) is 10.6 Å². The third kappa shape index (κ3) is 2.59. The largest absolute Gasteiger partial charge is 0.356 e. The first kappa shape index (κ1) is 13.6. The Labute approximate surface area is 121 Å².